The quantitative estimate of drug-likeness (QED) is 0.940. The summed E-state index contributed by atoms with van der Waals surface area (Å²) in [5.41, 5.74) is 6.29. The highest BCUT2D eigenvalue weighted by Crippen LogP contribution is 2.29. The number of anilines is 2. The molecule has 0 fully saturated rings. The van der Waals surface area contributed by atoms with E-state index in [4.69, 9.17) is 0 Å². The zero-order valence-corrected chi connectivity index (χ0v) is 13.5. The molecule has 23 heavy (non-hydrogen) atoms. The lowest BCUT2D eigenvalue weighted by Crippen LogP contribution is -2.40. The van der Waals surface area contributed by atoms with Gasteiger partial charge in [-0.2, -0.15) is 0 Å². The lowest BCUT2D eigenvalue weighted by Gasteiger charge is -2.23. The molecule has 1 atom stereocenters. The lowest BCUT2D eigenvalue weighted by molar-refractivity contribution is -0.118. The first kappa shape index (κ1) is 14.3. The molecule has 2 aliphatic rings. The summed E-state index contributed by atoms with van der Waals surface area (Å²) in [6.45, 7) is 2.74. The first-order valence-electron chi connectivity index (χ1n) is 8.50. The summed E-state index contributed by atoms with van der Waals surface area (Å²) in [7, 11) is 0. The van der Waals surface area contributed by atoms with Gasteiger partial charge in [0, 0.05) is 17.9 Å². The Bertz CT molecular complexity index is 753. The van der Waals surface area contributed by atoms with Gasteiger partial charge in [0.2, 0.25) is 5.91 Å². The predicted molar refractivity (Wildman–Crippen MR) is 94.1 cm³/mol. The molecular formula is C20H22N2O. The Kier molecular flexibility index (Phi) is 3.56. The molecule has 0 radical (unpaired) electrons. The summed E-state index contributed by atoms with van der Waals surface area (Å²) in [5, 5.41) is 3.39. The van der Waals surface area contributed by atoms with Gasteiger partial charge in [-0.1, -0.05) is 24.3 Å². The maximum Gasteiger partial charge on any atom is 0.249 e. The maximum absolute atomic E-state index is 12.8. The third kappa shape index (κ3) is 2.61. The van der Waals surface area contributed by atoms with Crippen molar-refractivity contribution in [2.45, 2.75) is 38.6 Å². The summed E-state index contributed by atoms with van der Waals surface area (Å²) in [5.74, 6) is 0.149. The zero-order valence-electron chi connectivity index (χ0n) is 13.5. The topological polar surface area (TPSA) is 32.3 Å². The second-order valence-electron chi connectivity index (χ2n) is 6.57. The fraction of sp³-hybridized carbons (Fsp3) is 0.350. The molecule has 1 aliphatic carbocycles. The Morgan fingerprint density at radius 1 is 1.04 bits per heavy atom. The van der Waals surface area contributed by atoms with E-state index < -0.39 is 0 Å². The van der Waals surface area contributed by atoms with Gasteiger partial charge in [0.1, 0.15) is 6.04 Å². The van der Waals surface area contributed by atoms with Crippen LogP contribution in [0.25, 0.3) is 0 Å². The van der Waals surface area contributed by atoms with Gasteiger partial charge in [0.05, 0.1) is 0 Å². The molecule has 0 unspecified atom stereocenters. The molecule has 1 amide bonds. The van der Waals surface area contributed by atoms with Crippen molar-refractivity contribution in [2.24, 2.45) is 0 Å². The second kappa shape index (κ2) is 5.73. The van der Waals surface area contributed by atoms with Gasteiger partial charge >= 0.3 is 0 Å². The molecule has 1 N–H and O–H groups in total. The molecule has 1 heterocycles. The number of amides is 1. The van der Waals surface area contributed by atoms with Crippen LogP contribution in [0.2, 0.25) is 0 Å². The Labute approximate surface area is 137 Å². The minimum absolute atomic E-state index is 0.149. The highest BCUT2D eigenvalue weighted by Gasteiger charge is 2.27. The summed E-state index contributed by atoms with van der Waals surface area (Å²) >= 11 is 0. The first-order chi connectivity index (χ1) is 11.2. The van der Waals surface area contributed by atoms with Crippen molar-refractivity contribution >= 4 is 17.3 Å². The highest BCUT2D eigenvalue weighted by molar-refractivity contribution is 6.00. The van der Waals surface area contributed by atoms with Crippen LogP contribution < -0.4 is 10.2 Å². The van der Waals surface area contributed by atoms with E-state index in [-0.39, 0.29) is 11.9 Å². The van der Waals surface area contributed by atoms with Crippen molar-refractivity contribution in [2.75, 3.05) is 16.8 Å². The summed E-state index contributed by atoms with van der Waals surface area (Å²) in [6, 6.07) is 14.5. The average Bonchev–Trinajstić information content (AvgIpc) is 3.20. The van der Waals surface area contributed by atoms with Crippen LogP contribution in [0.3, 0.4) is 0 Å². The van der Waals surface area contributed by atoms with Crippen molar-refractivity contribution in [1.82, 2.24) is 0 Å². The van der Waals surface area contributed by atoms with E-state index in [9.17, 15) is 4.79 Å². The number of benzene rings is 2. The molecule has 4 rings (SSSR count). The molecule has 118 valence electrons. The van der Waals surface area contributed by atoms with E-state index in [0.717, 1.165) is 30.8 Å². The predicted octanol–water partition coefficient (Wildman–Crippen LogP) is 3.57. The standard InChI is InChI=1S/C20H22N2O/c1-14(21-18-10-9-15-6-4-7-17(15)13-18)20(23)22-12-11-16-5-2-3-8-19(16)22/h2-3,5,8-10,13-14,21H,4,6-7,11-12H2,1H3/t14-/m1/s1. The third-order valence-corrected chi connectivity index (χ3v) is 5.01. The van der Waals surface area contributed by atoms with Gasteiger partial charge in [-0.15, -0.1) is 0 Å². The van der Waals surface area contributed by atoms with Crippen LogP contribution in [0, 0.1) is 0 Å². The lowest BCUT2D eigenvalue weighted by atomic mass is 10.1. The van der Waals surface area contributed by atoms with E-state index >= 15 is 0 Å². The molecule has 0 saturated carbocycles. The number of fused-ring (bicyclic) bond motifs is 2. The van der Waals surface area contributed by atoms with Gasteiger partial charge < -0.3 is 10.2 Å². The van der Waals surface area contributed by atoms with E-state index in [1.165, 1.54) is 29.5 Å². The maximum atomic E-state index is 12.8. The number of nitrogens with zero attached hydrogens (tertiary/aromatic N) is 1. The van der Waals surface area contributed by atoms with Crippen molar-refractivity contribution in [3.05, 3.63) is 59.2 Å². The Balaban J connectivity index is 1.49. The zero-order chi connectivity index (χ0) is 15.8. The largest absolute Gasteiger partial charge is 0.374 e. The third-order valence-electron chi connectivity index (χ3n) is 5.01. The Hall–Kier alpha value is -2.29. The number of hydrogen-bond acceptors (Lipinski definition) is 2. The van der Waals surface area contributed by atoms with Gasteiger partial charge in [-0.25, -0.2) is 0 Å². The van der Waals surface area contributed by atoms with Crippen LogP contribution in [0.15, 0.2) is 42.5 Å². The fourth-order valence-corrected chi connectivity index (χ4v) is 3.77. The molecule has 0 aromatic heterocycles. The summed E-state index contributed by atoms with van der Waals surface area (Å²) < 4.78 is 0. The second-order valence-corrected chi connectivity index (χ2v) is 6.57. The Morgan fingerprint density at radius 3 is 2.78 bits per heavy atom. The van der Waals surface area contributed by atoms with Crippen LogP contribution in [-0.2, 0) is 24.1 Å². The van der Waals surface area contributed by atoms with Crippen molar-refractivity contribution in [3.63, 3.8) is 0 Å². The fourth-order valence-electron chi connectivity index (χ4n) is 3.77. The van der Waals surface area contributed by atoms with Crippen LogP contribution in [0.5, 0.6) is 0 Å². The van der Waals surface area contributed by atoms with Crippen LogP contribution in [-0.4, -0.2) is 18.5 Å². The van der Waals surface area contributed by atoms with Crippen LogP contribution in [0.4, 0.5) is 11.4 Å². The van der Waals surface area contributed by atoms with E-state index in [0.29, 0.717) is 0 Å². The van der Waals surface area contributed by atoms with Gasteiger partial charge in [0.15, 0.2) is 0 Å². The van der Waals surface area contributed by atoms with E-state index in [1.54, 1.807) is 0 Å². The number of para-hydroxylation sites is 1. The Morgan fingerprint density at radius 2 is 1.87 bits per heavy atom. The molecule has 0 bridgehead atoms. The van der Waals surface area contributed by atoms with Gasteiger partial charge in [-0.3, -0.25) is 4.79 Å². The number of hydrogen-bond donors (Lipinski definition) is 1. The molecule has 3 nitrogen and oxygen atoms in total. The monoisotopic (exact) mass is 306 g/mol. The summed E-state index contributed by atoms with van der Waals surface area (Å²) in [6.07, 6.45) is 4.55. The number of rotatable bonds is 3. The number of nitrogens with one attached hydrogen (secondary N) is 1. The van der Waals surface area contributed by atoms with E-state index in [1.807, 2.05) is 30.0 Å². The molecule has 0 spiro atoms. The summed E-state index contributed by atoms with van der Waals surface area (Å²) in [4.78, 5) is 14.7. The molecule has 2 aromatic carbocycles. The van der Waals surface area contributed by atoms with Crippen molar-refractivity contribution in [3.8, 4) is 0 Å². The van der Waals surface area contributed by atoms with Gasteiger partial charge in [-0.05, 0) is 67.5 Å². The normalized spacial score (nSPS) is 16.8. The molecule has 1 aliphatic heterocycles. The smallest absolute Gasteiger partial charge is 0.249 e. The molecule has 0 saturated heterocycles. The highest BCUT2D eigenvalue weighted by atomic mass is 16.2. The van der Waals surface area contributed by atoms with Crippen LogP contribution in [0.1, 0.15) is 30.0 Å². The number of aryl methyl sites for hydroxylation is 2. The molecule has 2 aromatic rings. The molecule has 3 heteroatoms. The average molecular weight is 306 g/mol. The minimum Gasteiger partial charge on any atom is -0.374 e. The van der Waals surface area contributed by atoms with E-state index in [2.05, 4.69) is 29.6 Å². The first-order valence-corrected chi connectivity index (χ1v) is 8.50. The number of carbonyl (C=O) groups is 1. The van der Waals surface area contributed by atoms with Crippen LogP contribution >= 0.6 is 0 Å². The SMILES string of the molecule is C[C@@H](Nc1ccc2c(c1)CCC2)C(=O)N1CCc2ccccc21. The minimum atomic E-state index is -0.222. The molecular weight excluding hydrogens is 284 g/mol. The van der Waals surface area contributed by atoms with Crippen molar-refractivity contribution in [1.29, 1.82) is 0 Å². The van der Waals surface area contributed by atoms with Gasteiger partial charge in [0.25, 0.3) is 0 Å². The number of carbonyl (C=O) groups excluding carboxylic acids is 1. The van der Waals surface area contributed by atoms with Crippen molar-refractivity contribution < 1.29 is 4.79 Å².